The van der Waals surface area contributed by atoms with Crippen LogP contribution >= 0.6 is 0 Å². The predicted molar refractivity (Wildman–Crippen MR) is 191 cm³/mol. The first-order chi connectivity index (χ1) is 25.5. The lowest BCUT2D eigenvalue weighted by Crippen LogP contribution is -2.58. The van der Waals surface area contributed by atoms with Gasteiger partial charge in [0.1, 0.15) is 41.2 Å². The lowest BCUT2D eigenvalue weighted by molar-refractivity contribution is -0.141. The molecule has 5 bridgehead atoms. The molecule has 6 amide bonds. The number of allylic oxidation sites excluding steroid dienone is 1. The van der Waals surface area contributed by atoms with Crippen LogP contribution in [0.25, 0.3) is 10.9 Å². The number of carbonyl (C=O) groups excluding carboxylic acids is 5. The number of carbonyl (C=O) groups is 5. The van der Waals surface area contributed by atoms with Gasteiger partial charge in [-0.3, -0.25) is 23.9 Å². The van der Waals surface area contributed by atoms with Crippen LogP contribution in [0.3, 0.4) is 0 Å². The first kappa shape index (κ1) is 36.6. The second kappa shape index (κ2) is 15.3. The first-order valence-corrected chi connectivity index (χ1v) is 19.9. The number of ether oxygens (including phenoxy) is 2. The van der Waals surface area contributed by atoms with E-state index in [1.54, 1.807) is 18.2 Å². The van der Waals surface area contributed by atoms with Crippen LogP contribution in [0, 0.1) is 5.92 Å². The number of nitrogens with one attached hydrogen (secondary N) is 5. The number of urea groups is 1. The molecule has 7 rings (SSSR count). The van der Waals surface area contributed by atoms with Crippen molar-refractivity contribution in [2.24, 2.45) is 5.92 Å². The van der Waals surface area contributed by atoms with Crippen molar-refractivity contribution in [1.29, 1.82) is 0 Å². The zero-order valence-corrected chi connectivity index (χ0v) is 30.1. The normalized spacial score (nSPS) is 29.6. The second-order valence-electron chi connectivity index (χ2n) is 14.4. The molecular formula is C36H45N7O9S. The molecule has 1 aromatic heterocycles. The fourth-order valence-corrected chi connectivity index (χ4v) is 8.65. The molecule has 0 radical (unpaired) electrons. The average molecular weight is 752 g/mol. The Morgan fingerprint density at radius 1 is 0.981 bits per heavy atom. The summed E-state index contributed by atoms with van der Waals surface area (Å²) in [4.78, 5) is 74.9. The van der Waals surface area contributed by atoms with Crippen molar-refractivity contribution in [2.45, 2.75) is 86.7 Å². The van der Waals surface area contributed by atoms with Gasteiger partial charge < -0.3 is 35.6 Å². The summed E-state index contributed by atoms with van der Waals surface area (Å²) in [7, 11) is -3.90. The molecule has 3 aliphatic heterocycles. The highest BCUT2D eigenvalue weighted by Gasteiger charge is 2.62. The number of pyridine rings is 1. The third kappa shape index (κ3) is 8.25. The molecule has 53 heavy (non-hydrogen) atoms. The van der Waals surface area contributed by atoms with Gasteiger partial charge in [0.2, 0.25) is 21.8 Å². The van der Waals surface area contributed by atoms with Gasteiger partial charge in [0.15, 0.2) is 0 Å². The van der Waals surface area contributed by atoms with Gasteiger partial charge in [-0.05, 0) is 57.1 Å². The number of rotatable bonds is 3. The molecule has 1 saturated heterocycles. The monoisotopic (exact) mass is 751 g/mol. The molecule has 1 aromatic carbocycles. The molecule has 17 heteroatoms. The summed E-state index contributed by atoms with van der Waals surface area (Å²) >= 11 is 0. The van der Waals surface area contributed by atoms with Crippen LogP contribution in [0.2, 0.25) is 0 Å². The second-order valence-corrected chi connectivity index (χ2v) is 16.3. The molecule has 0 spiro atoms. The molecule has 5 aliphatic rings. The summed E-state index contributed by atoms with van der Waals surface area (Å²) in [5.41, 5.74) is -0.940. The van der Waals surface area contributed by atoms with Crippen LogP contribution in [0.15, 0.2) is 42.5 Å². The Kier molecular flexibility index (Phi) is 10.6. The van der Waals surface area contributed by atoms with Crippen LogP contribution in [-0.2, 0) is 29.1 Å². The van der Waals surface area contributed by atoms with Crippen molar-refractivity contribution in [3.05, 3.63) is 48.2 Å². The maximum atomic E-state index is 14.4. The summed E-state index contributed by atoms with van der Waals surface area (Å²) < 4.78 is 39.3. The fraction of sp³-hybridized carbons (Fsp3) is 0.556. The molecule has 4 heterocycles. The van der Waals surface area contributed by atoms with E-state index < -0.39 is 74.5 Å². The molecule has 5 N–H and O–H groups in total. The Hall–Kier alpha value is -4.77. The van der Waals surface area contributed by atoms with E-state index in [0.29, 0.717) is 43.4 Å². The smallest absolute Gasteiger partial charge is 0.315 e. The number of fused-ring (bicyclic) bond motifs is 4. The standard InChI is InChI=1S/C36H45N7O9S/c44-31-26-14-11-22-7-6-10-29(30(22)39-26)52-18-17-51-16-15-37-35(48)40-27-9-5-3-1-2-4-8-23-20-36(23,34(47)42-53(49,50)25-12-13-25)41-32(45)28-19-24(38-31)21-43(28)33(27)46/h4,6-8,10-11,14,23-25,27-28H,1-3,5,9,12-13,15-21H2,(H,38,44)(H,41,45)(H,42,47)(H2,37,40,48)/b8-4-/t23-,24-,27+,28+,36-/m1/s1. The average Bonchev–Trinajstić information content (AvgIpc) is 4.06. The highest BCUT2D eigenvalue weighted by atomic mass is 32.2. The van der Waals surface area contributed by atoms with Gasteiger partial charge >= 0.3 is 6.03 Å². The largest absolute Gasteiger partial charge is 0.489 e. The van der Waals surface area contributed by atoms with Gasteiger partial charge in [0, 0.05) is 30.4 Å². The zero-order valence-electron chi connectivity index (χ0n) is 29.3. The highest BCUT2D eigenvalue weighted by molar-refractivity contribution is 7.91. The van der Waals surface area contributed by atoms with Crippen LogP contribution in [-0.4, -0.2) is 110 Å². The number of hydrogen-bond donors (Lipinski definition) is 5. The number of sulfonamides is 1. The number of nitrogens with zero attached hydrogens (tertiary/aromatic N) is 2. The third-order valence-corrected chi connectivity index (χ3v) is 12.3. The van der Waals surface area contributed by atoms with Crippen molar-refractivity contribution in [3.8, 4) is 5.75 Å². The maximum Gasteiger partial charge on any atom is 0.315 e. The van der Waals surface area contributed by atoms with E-state index in [2.05, 4.69) is 31.0 Å². The number of para-hydroxylation sites is 1. The molecule has 0 unspecified atom stereocenters. The first-order valence-electron chi connectivity index (χ1n) is 18.3. The summed E-state index contributed by atoms with van der Waals surface area (Å²) in [6.45, 7) is 0.739. The van der Waals surface area contributed by atoms with E-state index >= 15 is 0 Å². The number of benzene rings is 1. The minimum Gasteiger partial charge on any atom is -0.489 e. The predicted octanol–water partition coefficient (Wildman–Crippen LogP) is 1.01. The Morgan fingerprint density at radius 3 is 2.66 bits per heavy atom. The van der Waals surface area contributed by atoms with E-state index in [-0.39, 0.29) is 51.4 Å². The molecule has 3 fully saturated rings. The van der Waals surface area contributed by atoms with Crippen LogP contribution < -0.4 is 30.7 Å². The Labute approximate surface area is 307 Å². The van der Waals surface area contributed by atoms with E-state index in [1.807, 2.05) is 24.3 Å². The molecule has 5 atom stereocenters. The zero-order chi connectivity index (χ0) is 37.2. The van der Waals surface area contributed by atoms with Gasteiger partial charge in [-0.15, -0.1) is 0 Å². The fourth-order valence-electron chi connectivity index (χ4n) is 7.29. The Bertz CT molecular complexity index is 1920. The summed E-state index contributed by atoms with van der Waals surface area (Å²) in [5.74, 6) is -2.50. The van der Waals surface area contributed by atoms with Crippen molar-refractivity contribution >= 4 is 50.6 Å². The summed E-state index contributed by atoms with van der Waals surface area (Å²) in [5, 5.41) is 11.4. The van der Waals surface area contributed by atoms with Gasteiger partial charge in [-0.2, -0.15) is 0 Å². The van der Waals surface area contributed by atoms with E-state index in [9.17, 15) is 32.4 Å². The molecule has 2 aromatic rings. The molecule has 2 saturated carbocycles. The maximum absolute atomic E-state index is 14.4. The van der Waals surface area contributed by atoms with Gasteiger partial charge in [-0.25, -0.2) is 18.2 Å². The van der Waals surface area contributed by atoms with E-state index in [1.165, 1.54) is 4.90 Å². The number of aromatic nitrogens is 1. The van der Waals surface area contributed by atoms with Gasteiger partial charge in [-0.1, -0.05) is 43.2 Å². The summed E-state index contributed by atoms with van der Waals surface area (Å²) in [6.07, 6.45) is 8.02. The van der Waals surface area contributed by atoms with Crippen molar-refractivity contribution in [3.63, 3.8) is 0 Å². The molecular weight excluding hydrogens is 707 g/mol. The van der Waals surface area contributed by atoms with Crippen LogP contribution in [0.1, 0.15) is 68.3 Å². The lowest BCUT2D eigenvalue weighted by Gasteiger charge is -2.30. The van der Waals surface area contributed by atoms with Crippen LogP contribution in [0.4, 0.5) is 4.79 Å². The topological polar surface area (TPSA) is 214 Å². The van der Waals surface area contributed by atoms with Gasteiger partial charge in [0.05, 0.1) is 18.5 Å². The summed E-state index contributed by atoms with van der Waals surface area (Å²) in [6, 6.07) is 5.34. The number of hydrogen-bond acceptors (Lipinski definition) is 10. The quantitative estimate of drug-likeness (QED) is 0.281. The number of amides is 6. The molecule has 16 nitrogen and oxygen atoms in total. The highest BCUT2D eigenvalue weighted by Crippen LogP contribution is 2.46. The Balaban J connectivity index is 1.19. The lowest BCUT2D eigenvalue weighted by atomic mass is 10.0. The minimum absolute atomic E-state index is 0.0000880. The molecule has 284 valence electrons. The van der Waals surface area contributed by atoms with Crippen molar-refractivity contribution < 1.29 is 41.9 Å². The third-order valence-electron chi connectivity index (χ3n) is 10.5. The molecule has 2 aliphatic carbocycles. The van der Waals surface area contributed by atoms with Crippen molar-refractivity contribution in [1.82, 2.24) is 35.9 Å². The van der Waals surface area contributed by atoms with Gasteiger partial charge in [0.25, 0.3) is 11.8 Å². The minimum atomic E-state index is -3.90. The van der Waals surface area contributed by atoms with Crippen LogP contribution in [0.5, 0.6) is 5.75 Å². The van der Waals surface area contributed by atoms with E-state index in [0.717, 1.165) is 18.2 Å². The van der Waals surface area contributed by atoms with Crippen molar-refractivity contribution in [2.75, 3.05) is 32.9 Å². The van der Waals surface area contributed by atoms with E-state index in [4.69, 9.17) is 9.47 Å². The SMILES string of the molecule is O=C1NCCOCCOc2cccc3ccc(nc23)C(=O)N[C@@H]2C[C@H]3C(=O)N[C@]4(C(=O)NS(=O)(=O)C5CC5)C[C@H]4/C=C\CCCCC[C@H](N1)C(=O)N3C2. The Morgan fingerprint density at radius 2 is 1.83 bits per heavy atom.